The van der Waals surface area contributed by atoms with Crippen molar-refractivity contribution in [3.05, 3.63) is 70.8 Å². The minimum absolute atomic E-state index is 0.413. The van der Waals surface area contributed by atoms with Gasteiger partial charge in [0.05, 0.1) is 0 Å². The Balaban J connectivity index is 2.43. The first kappa shape index (κ1) is 13.1. The van der Waals surface area contributed by atoms with Gasteiger partial charge >= 0.3 is 0 Å². The molecule has 0 radical (unpaired) electrons. The quantitative estimate of drug-likeness (QED) is 0.660. The highest BCUT2D eigenvalue weighted by atomic mass is 16.1. The van der Waals surface area contributed by atoms with Gasteiger partial charge in [0.2, 0.25) is 5.91 Å². The first-order valence-electron chi connectivity index (χ1n) is 6.21. The van der Waals surface area contributed by atoms with Crippen molar-refractivity contribution in [1.29, 1.82) is 0 Å². The van der Waals surface area contributed by atoms with Crippen molar-refractivity contribution in [2.24, 2.45) is 5.73 Å². The third kappa shape index (κ3) is 3.32. The van der Waals surface area contributed by atoms with Gasteiger partial charge in [0.1, 0.15) is 0 Å². The molecule has 2 aromatic carbocycles. The molecule has 0 aliphatic heterocycles. The van der Waals surface area contributed by atoms with Crippen LogP contribution in [0.2, 0.25) is 0 Å². The molecule has 0 aliphatic rings. The summed E-state index contributed by atoms with van der Waals surface area (Å²) in [6.07, 6.45) is 1.83. The molecule has 0 saturated carbocycles. The molecule has 0 atom stereocenters. The van der Waals surface area contributed by atoms with Gasteiger partial charge in [-0.25, -0.2) is 0 Å². The van der Waals surface area contributed by atoms with E-state index in [0.717, 1.165) is 16.7 Å². The molecule has 0 fully saturated rings. The summed E-state index contributed by atoms with van der Waals surface area (Å²) in [7, 11) is 0. The van der Waals surface area contributed by atoms with Crippen LogP contribution in [0.15, 0.2) is 48.5 Å². The number of hydrogen-bond donors (Lipinski definition) is 1. The molecule has 0 aromatic heterocycles. The van der Waals surface area contributed by atoms with Crippen LogP contribution in [0.3, 0.4) is 0 Å². The number of primary amides is 1. The highest BCUT2D eigenvalue weighted by Crippen LogP contribution is 2.19. The minimum atomic E-state index is -0.413. The lowest BCUT2D eigenvalue weighted by atomic mass is 10.0. The summed E-state index contributed by atoms with van der Waals surface area (Å²) in [4.78, 5) is 11.6. The van der Waals surface area contributed by atoms with Crippen LogP contribution < -0.4 is 5.73 Å². The summed E-state index contributed by atoms with van der Waals surface area (Å²) >= 11 is 0. The maximum atomic E-state index is 11.6. The van der Waals surface area contributed by atoms with E-state index in [1.807, 2.05) is 68.5 Å². The molecular formula is C17H17NO. The van der Waals surface area contributed by atoms with Crippen molar-refractivity contribution in [3.8, 4) is 0 Å². The summed E-state index contributed by atoms with van der Waals surface area (Å²) < 4.78 is 0. The summed E-state index contributed by atoms with van der Waals surface area (Å²) in [6.45, 7) is 4.04. The molecular weight excluding hydrogens is 234 g/mol. The molecule has 2 rings (SSSR count). The molecule has 2 nitrogen and oxygen atoms in total. The van der Waals surface area contributed by atoms with Crippen LogP contribution in [0.25, 0.3) is 11.6 Å². The predicted molar refractivity (Wildman–Crippen MR) is 79.4 cm³/mol. The molecule has 19 heavy (non-hydrogen) atoms. The SMILES string of the molecule is Cc1ccc(C=C(C(N)=O)c2ccc(C)cc2)cc1. The van der Waals surface area contributed by atoms with E-state index in [-0.39, 0.29) is 0 Å². The van der Waals surface area contributed by atoms with E-state index in [4.69, 9.17) is 5.73 Å². The van der Waals surface area contributed by atoms with E-state index < -0.39 is 5.91 Å². The fraction of sp³-hybridized carbons (Fsp3) is 0.118. The van der Waals surface area contributed by atoms with Crippen LogP contribution in [-0.4, -0.2) is 5.91 Å². The zero-order valence-corrected chi connectivity index (χ0v) is 11.2. The smallest absolute Gasteiger partial charge is 0.249 e. The van der Waals surface area contributed by atoms with Crippen LogP contribution in [-0.2, 0) is 4.79 Å². The summed E-state index contributed by atoms with van der Waals surface area (Å²) in [5.41, 5.74) is 10.2. The zero-order chi connectivity index (χ0) is 13.8. The standard InChI is InChI=1S/C17H17NO/c1-12-3-7-14(8-4-12)11-16(17(18)19)15-9-5-13(2)6-10-15/h3-11H,1-2H3,(H2,18,19). The van der Waals surface area contributed by atoms with E-state index in [1.54, 1.807) is 0 Å². The number of nitrogens with two attached hydrogens (primary N) is 1. The monoisotopic (exact) mass is 251 g/mol. The van der Waals surface area contributed by atoms with E-state index in [9.17, 15) is 4.79 Å². The minimum Gasteiger partial charge on any atom is -0.366 e. The summed E-state index contributed by atoms with van der Waals surface area (Å²) in [6, 6.07) is 15.8. The van der Waals surface area contributed by atoms with Crippen LogP contribution in [0, 0.1) is 13.8 Å². The van der Waals surface area contributed by atoms with Gasteiger partial charge in [-0.1, -0.05) is 59.7 Å². The fourth-order valence-corrected chi connectivity index (χ4v) is 1.86. The van der Waals surface area contributed by atoms with Crippen molar-refractivity contribution in [1.82, 2.24) is 0 Å². The van der Waals surface area contributed by atoms with Crippen LogP contribution in [0.1, 0.15) is 22.3 Å². The molecule has 2 heteroatoms. The molecule has 0 saturated heterocycles. The second-order valence-electron chi connectivity index (χ2n) is 4.70. The van der Waals surface area contributed by atoms with Gasteiger partial charge in [0, 0.05) is 5.57 Å². The Hall–Kier alpha value is -2.35. The average molecular weight is 251 g/mol. The Bertz CT molecular complexity index is 607. The van der Waals surface area contributed by atoms with Crippen molar-refractivity contribution in [2.75, 3.05) is 0 Å². The van der Waals surface area contributed by atoms with Crippen molar-refractivity contribution in [2.45, 2.75) is 13.8 Å². The molecule has 96 valence electrons. The maximum absolute atomic E-state index is 11.6. The third-order valence-electron chi connectivity index (χ3n) is 3.02. The first-order valence-corrected chi connectivity index (χ1v) is 6.21. The molecule has 2 N–H and O–H groups in total. The van der Waals surface area contributed by atoms with Gasteiger partial charge in [-0.2, -0.15) is 0 Å². The molecule has 0 spiro atoms. The highest BCUT2D eigenvalue weighted by molar-refractivity contribution is 6.23. The van der Waals surface area contributed by atoms with Gasteiger partial charge in [-0.05, 0) is 31.1 Å². The molecule has 0 heterocycles. The van der Waals surface area contributed by atoms with Crippen LogP contribution >= 0.6 is 0 Å². The molecule has 0 aliphatic carbocycles. The van der Waals surface area contributed by atoms with Crippen molar-refractivity contribution >= 4 is 17.6 Å². The van der Waals surface area contributed by atoms with Gasteiger partial charge in [-0.15, -0.1) is 0 Å². The second kappa shape index (κ2) is 5.53. The van der Waals surface area contributed by atoms with Gasteiger partial charge < -0.3 is 5.73 Å². The second-order valence-corrected chi connectivity index (χ2v) is 4.70. The van der Waals surface area contributed by atoms with E-state index in [1.165, 1.54) is 5.56 Å². The molecule has 2 aromatic rings. The summed E-state index contributed by atoms with van der Waals surface area (Å²) in [5.74, 6) is -0.413. The number of benzene rings is 2. The Morgan fingerprint density at radius 2 is 1.37 bits per heavy atom. The molecule has 0 unspecified atom stereocenters. The normalized spacial score (nSPS) is 11.4. The van der Waals surface area contributed by atoms with Gasteiger partial charge in [0.25, 0.3) is 0 Å². The van der Waals surface area contributed by atoms with Gasteiger partial charge in [0.15, 0.2) is 0 Å². The van der Waals surface area contributed by atoms with E-state index in [2.05, 4.69) is 0 Å². The fourth-order valence-electron chi connectivity index (χ4n) is 1.86. The Morgan fingerprint density at radius 1 is 0.895 bits per heavy atom. The van der Waals surface area contributed by atoms with E-state index in [0.29, 0.717) is 5.57 Å². The highest BCUT2D eigenvalue weighted by Gasteiger charge is 2.07. The maximum Gasteiger partial charge on any atom is 0.249 e. The number of hydrogen-bond acceptors (Lipinski definition) is 1. The topological polar surface area (TPSA) is 43.1 Å². The first-order chi connectivity index (χ1) is 9.06. The number of amides is 1. The predicted octanol–water partition coefficient (Wildman–Crippen LogP) is 3.33. The van der Waals surface area contributed by atoms with Crippen LogP contribution in [0.5, 0.6) is 0 Å². The Kier molecular flexibility index (Phi) is 3.81. The van der Waals surface area contributed by atoms with Crippen molar-refractivity contribution < 1.29 is 4.79 Å². The lowest BCUT2D eigenvalue weighted by molar-refractivity contribution is -0.112. The number of rotatable bonds is 3. The van der Waals surface area contributed by atoms with Crippen LogP contribution in [0.4, 0.5) is 0 Å². The Morgan fingerprint density at radius 3 is 1.84 bits per heavy atom. The average Bonchev–Trinajstić information content (AvgIpc) is 2.39. The number of carbonyl (C=O) groups excluding carboxylic acids is 1. The third-order valence-corrected chi connectivity index (χ3v) is 3.02. The molecule has 1 amide bonds. The largest absolute Gasteiger partial charge is 0.366 e. The Labute approximate surface area is 113 Å². The number of carbonyl (C=O) groups is 1. The zero-order valence-electron chi connectivity index (χ0n) is 11.2. The number of aryl methyl sites for hydroxylation is 2. The van der Waals surface area contributed by atoms with Gasteiger partial charge in [-0.3, -0.25) is 4.79 Å². The van der Waals surface area contributed by atoms with Crippen molar-refractivity contribution in [3.63, 3.8) is 0 Å². The summed E-state index contributed by atoms with van der Waals surface area (Å²) in [5, 5.41) is 0. The van der Waals surface area contributed by atoms with E-state index >= 15 is 0 Å². The lowest BCUT2D eigenvalue weighted by Gasteiger charge is -2.05. The molecule has 0 bridgehead atoms. The lowest BCUT2D eigenvalue weighted by Crippen LogP contribution is -2.12.